The quantitative estimate of drug-likeness (QED) is 0.139. The van der Waals surface area contributed by atoms with Crippen LogP contribution < -0.4 is 31.3 Å². The number of benzene rings is 3. The highest BCUT2D eigenvalue weighted by molar-refractivity contribution is 7.92. The average Bonchev–Trinajstić information content (AvgIpc) is 3.10. The van der Waals surface area contributed by atoms with E-state index in [-0.39, 0.29) is 35.3 Å². The van der Waals surface area contributed by atoms with E-state index in [1.54, 1.807) is 38.1 Å². The maximum absolute atomic E-state index is 13.9. The first-order chi connectivity index (χ1) is 24.1. The zero-order chi connectivity index (χ0) is 37.3. The third kappa shape index (κ3) is 11.2. The number of amides is 3. The molecule has 0 aliphatic heterocycles. The molecule has 0 saturated heterocycles. The normalized spacial score (nSPS) is 15.1. The molecule has 0 heterocycles. The Morgan fingerprint density at radius 1 is 0.863 bits per heavy atom. The third-order valence-electron chi connectivity index (χ3n) is 8.82. The van der Waals surface area contributed by atoms with Crippen LogP contribution in [0.15, 0.2) is 90.5 Å². The van der Waals surface area contributed by atoms with Crippen molar-refractivity contribution in [2.45, 2.75) is 64.2 Å². The zero-order valence-corrected chi connectivity index (χ0v) is 30.4. The topological polar surface area (TPSA) is 163 Å². The lowest BCUT2D eigenvalue weighted by molar-refractivity contribution is -0.123. The van der Waals surface area contributed by atoms with Crippen molar-refractivity contribution in [3.63, 3.8) is 0 Å². The van der Waals surface area contributed by atoms with Crippen molar-refractivity contribution in [3.05, 3.63) is 119 Å². The van der Waals surface area contributed by atoms with Crippen LogP contribution in [-0.2, 0) is 14.8 Å². The van der Waals surface area contributed by atoms with Gasteiger partial charge in [-0.1, -0.05) is 48.1 Å². The molecule has 0 radical (unpaired) electrons. The Bertz CT molecular complexity index is 1880. The van der Waals surface area contributed by atoms with E-state index >= 15 is 0 Å². The van der Waals surface area contributed by atoms with E-state index in [2.05, 4.69) is 27.3 Å². The van der Waals surface area contributed by atoms with Gasteiger partial charge >= 0.3 is 0 Å². The Morgan fingerprint density at radius 2 is 1.43 bits per heavy atom. The summed E-state index contributed by atoms with van der Waals surface area (Å²) in [5, 5.41) is 12.1. The van der Waals surface area contributed by atoms with E-state index in [9.17, 15) is 27.2 Å². The van der Waals surface area contributed by atoms with Crippen LogP contribution in [0.25, 0.3) is 0 Å². The molecule has 0 bridgehead atoms. The molecule has 13 heteroatoms. The summed E-state index contributed by atoms with van der Waals surface area (Å²) in [7, 11) is -2.40. The fourth-order valence-corrected chi connectivity index (χ4v) is 6.05. The number of halogens is 1. The highest BCUT2D eigenvalue weighted by Gasteiger charge is 2.24. The summed E-state index contributed by atoms with van der Waals surface area (Å²) >= 11 is 0. The molecule has 0 spiro atoms. The Balaban J connectivity index is 1.53. The first kappa shape index (κ1) is 38.8. The zero-order valence-electron chi connectivity index (χ0n) is 29.6. The second-order valence-corrected chi connectivity index (χ2v) is 15.0. The number of nitrogens with one attached hydrogen (secondary N) is 4. The fourth-order valence-electron chi connectivity index (χ4n) is 5.56. The van der Waals surface area contributed by atoms with Crippen LogP contribution >= 0.6 is 0 Å². The van der Waals surface area contributed by atoms with Gasteiger partial charge in [0, 0.05) is 36.4 Å². The molecule has 11 nitrogen and oxygen atoms in total. The molecule has 3 amide bonds. The van der Waals surface area contributed by atoms with Crippen LogP contribution in [0, 0.1) is 5.82 Å². The van der Waals surface area contributed by atoms with Crippen molar-refractivity contribution in [1.82, 2.24) is 21.3 Å². The average molecular weight is 719 g/mol. The maximum atomic E-state index is 13.9. The molecule has 0 saturated carbocycles. The molecule has 272 valence electrons. The minimum atomic E-state index is -3.74. The van der Waals surface area contributed by atoms with Crippen LogP contribution in [0.2, 0.25) is 0 Å². The van der Waals surface area contributed by atoms with Gasteiger partial charge in [-0.15, -0.1) is 0 Å². The second-order valence-electron chi connectivity index (χ2n) is 12.9. The lowest BCUT2D eigenvalue weighted by Gasteiger charge is -2.25. The first-order valence-corrected chi connectivity index (χ1v) is 18.7. The number of nitrogens with two attached hydrogens (primary N) is 1. The number of nitrogens with zero attached hydrogens (tertiary/aromatic N) is 1. The number of hydrogen-bond acceptors (Lipinski definition) is 7. The Kier molecular flexibility index (Phi) is 13.1. The van der Waals surface area contributed by atoms with Crippen molar-refractivity contribution in [2.75, 3.05) is 29.9 Å². The minimum Gasteiger partial charge on any atom is -0.399 e. The van der Waals surface area contributed by atoms with Crippen molar-refractivity contribution >= 4 is 39.1 Å². The van der Waals surface area contributed by atoms with Gasteiger partial charge in [0.05, 0.1) is 30.1 Å². The lowest BCUT2D eigenvalue weighted by atomic mass is 9.97. The number of sulfonamides is 1. The Morgan fingerprint density at radius 3 is 2.00 bits per heavy atom. The molecule has 6 N–H and O–H groups in total. The number of anilines is 2. The monoisotopic (exact) mass is 718 g/mol. The third-order valence-corrected chi connectivity index (χ3v) is 10.0. The molecule has 0 unspecified atom stereocenters. The summed E-state index contributed by atoms with van der Waals surface area (Å²) < 4.78 is 39.4. The van der Waals surface area contributed by atoms with Crippen molar-refractivity contribution < 1.29 is 27.2 Å². The predicted octanol–water partition coefficient (Wildman–Crippen LogP) is 4.92. The van der Waals surface area contributed by atoms with Crippen molar-refractivity contribution in [1.29, 1.82) is 0 Å². The van der Waals surface area contributed by atoms with E-state index in [4.69, 9.17) is 5.73 Å². The fraction of sp³-hybridized carbons (Fsp3) is 0.342. The van der Waals surface area contributed by atoms with E-state index < -0.39 is 45.8 Å². The standard InChI is InChI=1S/C38H47FN6O5S/c1-24(29-13-17-33(40)18-14-29)42-36(46)26(3)41-23-34(19-27-9-7-6-8-10-27)44-38(48)31-20-30(21-35(22-31)45(4)51(5,49)50)37(47)43-25(2)28-11-15-32(39)16-12-28/h6-7,9,11-18,20-22,24-26,34,41H,8,10,19,23,40H2,1-5H3,(H,42,46)(H,43,47)(H,44,48)/t24-,25-,26+,34+/m1/s1. The molecule has 1 aliphatic carbocycles. The smallest absolute Gasteiger partial charge is 0.251 e. The van der Waals surface area contributed by atoms with Gasteiger partial charge < -0.3 is 27.0 Å². The summed E-state index contributed by atoms with van der Waals surface area (Å²) in [4.78, 5) is 40.4. The van der Waals surface area contributed by atoms with E-state index in [0.717, 1.165) is 34.5 Å². The number of allylic oxidation sites excluding steroid dienone is 3. The summed E-state index contributed by atoms with van der Waals surface area (Å²) in [5.41, 5.74) is 9.39. The second kappa shape index (κ2) is 17.3. The lowest BCUT2D eigenvalue weighted by Crippen LogP contribution is -2.49. The summed E-state index contributed by atoms with van der Waals surface area (Å²) in [5.74, 6) is -1.69. The molecule has 3 aromatic carbocycles. The SMILES string of the molecule is C[C@H](NC[C@H](CC1=CC=CCC1)NC(=O)c1cc(C(=O)N[C@H](C)c2ccc(F)cc2)cc(N(C)S(C)(=O)=O)c1)C(=O)N[C@H](C)c1ccc(N)cc1. The maximum Gasteiger partial charge on any atom is 0.251 e. The van der Waals surface area contributed by atoms with Crippen LogP contribution in [0.4, 0.5) is 15.8 Å². The molecule has 0 fully saturated rings. The number of carbonyl (C=O) groups is 3. The highest BCUT2D eigenvalue weighted by Crippen LogP contribution is 2.23. The van der Waals surface area contributed by atoms with Crippen molar-refractivity contribution in [2.24, 2.45) is 0 Å². The van der Waals surface area contributed by atoms with Crippen LogP contribution in [-0.4, -0.2) is 58.1 Å². The largest absolute Gasteiger partial charge is 0.399 e. The Labute approximate surface area is 299 Å². The molecule has 4 atom stereocenters. The molecular formula is C38H47FN6O5S. The minimum absolute atomic E-state index is 0.0671. The number of nitrogen functional groups attached to an aromatic ring is 1. The summed E-state index contributed by atoms with van der Waals surface area (Å²) in [6.07, 6.45) is 9.28. The van der Waals surface area contributed by atoms with Gasteiger partial charge in [-0.25, -0.2) is 12.8 Å². The number of hydrogen-bond donors (Lipinski definition) is 5. The van der Waals surface area contributed by atoms with Gasteiger partial charge in [-0.05, 0) is 93.6 Å². The molecule has 51 heavy (non-hydrogen) atoms. The van der Waals surface area contributed by atoms with Gasteiger partial charge in [0.2, 0.25) is 15.9 Å². The number of carbonyl (C=O) groups excluding carboxylic acids is 3. The first-order valence-electron chi connectivity index (χ1n) is 16.8. The van der Waals surface area contributed by atoms with Crippen LogP contribution in [0.3, 0.4) is 0 Å². The van der Waals surface area contributed by atoms with Crippen molar-refractivity contribution in [3.8, 4) is 0 Å². The molecule has 0 aromatic heterocycles. The Hall–Kier alpha value is -5.01. The van der Waals surface area contributed by atoms with Gasteiger partial charge in [0.25, 0.3) is 11.8 Å². The molecule has 1 aliphatic rings. The van der Waals surface area contributed by atoms with Crippen LogP contribution in [0.5, 0.6) is 0 Å². The van der Waals surface area contributed by atoms with Gasteiger partial charge in [-0.2, -0.15) is 0 Å². The van der Waals surface area contributed by atoms with E-state index in [1.165, 1.54) is 37.4 Å². The summed E-state index contributed by atoms with van der Waals surface area (Å²) in [6.45, 7) is 5.62. The summed E-state index contributed by atoms with van der Waals surface area (Å²) in [6, 6.07) is 15.4. The van der Waals surface area contributed by atoms with E-state index in [1.807, 2.05) is 31.2 Å². The highest BCUT2D eigenvalue weighted by atomic mass is 32.2. The van der Waals surface area contributed by atoms with Crippen LogP contribution in [0.1, 0.15) is 84.0 Å². The van der Waals surface area contributed by atoms with E-state index in [0.29, 0.717) is 17.7 Å². The molecule has 4 rings (SSSR count). The molecule has 3 aromatic rings. The number of rotatable bonds is 15. The molecular weight excluding hydrogens is 672 g/mol. The van der Waals surface area contributed by atoms with Gasteiger partial charge in [0.1, 0.15) is 5.82 Å². The van der Waals surface area contributed by atoms with Gasteiger partial charge in [0.15, 0.2) is 0 Å². The van der Waals surface area contributed by atoms with Gasteiger partial charge in [-0.3, -0.25) is 18.7 Å². The predicted molar refractivity (Wildman–Crippen MR) is 199 cm³/mol.